The van der Waals surface area contributed by atoms with Crippen molar-refractivity contribution < 1.29 is 42.8 Å². The van der Waals surface area contributed by atoms with Gasteiger partial charge in [0.15, 0.2) is 0 Å². The molecule has 198 valence electrons. The fourth-order valence-electron chi connectivity index (χ4n) is 3.41. The van der Waals surface area contributed by atoms with Crippen molar-refractivity contribution in [2.45, 2.75) is 0 Å². The molecule has 9 heteroatoms. The molecule has 4 aromatic carbocycles. The van der Waals surface area contributed by atoms with Crippen LogP contribution in [-0.2, 0) is 0 Å². The highest BCUT2D eigenvalue weighted by molar-refractivity contribution is 6.01. The molecular formula is C30H24O9. The molecule has 0 unspecified atom stereocenters. The monoisotopic (exact) mass is 528 g/mol. The summed E-state index contributed by atoms with van der Waals surface area (Å²) in [6.45, 7) is 0. The van der Waals surface area contributed by atoms with E-state index in [2.05, 4.69) is 0 Å². The second kappa shape index (κ2) is 12.3. The van der Waals surface area contributed by atoms with E-state index in [4.69, 9.17) is 28.4 Å². The van der Waals surface area contributed by atoms with Gasteiger partial charge in [-0.05, 0) is 91.0 Å². The molecule has 0 heterocycles. The van der Waals surface area contributed by atoms with E-state index in [1.807, 2.05) is 0 Å². The van der Waals surface area contributed by atoms with Crippen LogP contribution in [0, 0.1) is 0 Å². The van der Waals surface area contributed by atoms with Gasteiger partial charge in [-0.15, -0.1) is 0 Å². The van der Waals surface area contributed by atoms with Crippen LogP contribution in [0.5, 0.6) is 34.5 Å². The smallest absolute Gasteiger partial charge is 0.343 e. The first-order valence-corrected chi connectivity index (χ1v) is 11.6. The number of carbonyl (C=O) groups excluding carboxylic acids is 3. The Labute approximate surface area is 224 Å². The second-order valence-corrected chi connectivity index (χ2v) is 7.99. The summed E-state index contributed by atoms with van der Waals surface area (Å²) in [6, 6.07) is 22.9. The minimum atomic E-state index is -0.794. The zero-order chi connectivity index (χ0) is 27.8. The molecule has 0 radical (unpaired) electrons. The molecule has 0 saturated heterocycles. The normalized spacial score (nSPS) is 10.2. The molecular weight excluding hydrogens is 504 g/mol. The van der Waals surface area contributed by atoms with Crippen molar-refractivity contribution >= 4 is 17.9 Å². The SMILES string of the molecule is COc1ccc(OC(=O)c2cc(C(=O)Oc3ccc(OC)cc3)cc(C(=O)Oc3ccc(OC)cc3)c2)cc1. The molecule has 4 rings (SSSR count). The molecule has 9 nitrogen and oxygen atoms in total. The van der Waals surface area contributed by atoms with E-state index in [1.165, 1.54) is 39.5 Å². The van der Waals surface area contributed by atoms with Crippen LogP contribution in [-0.4, -0.2) is 39.2 Å². The fraction of sp³-hybridized carbons (Fsp3) is 0.100. The molecule has 39 heavy (non-hydrogen) atoms. The topological polar surface area (TPSA) is 107 Å². The molecule has 0 atom stereocenters. The van der Waals surface area contributed by atoms with E-state index in [0.29, 0.717) is 17.2 Å². The van der Waals surface area contributed by atoms with Crippen LogP contribution in [0.2, 0.25) is 0 Å². The summed E-state index contributed by atoms with van der Waals surface area (Å²) in [7, 11) is 4.55. The van der Waals surface area contributed by atoms with E-state index in [-0.39, 0.29) is 33.9 Å². The number of hydrogen-bond acceptors (Lipinski definition) is 9. The Morgan fingerprint density at radius 1 is 0.385 bits per heavy atom. The highest BCUT2D eigenvalue weighted by Crippen LogP contribution is 2.23. The average molecular weight is 529 g/mol. The van der Waals surface area contributed by atoms with Crippen LogP contribution < -0.4 is 28.4 Å². The molecule has 0 saturated carbocycles. The third-order valence-electron chi connectivity index (χ3n) is 5.45. The number of ether oxygens (including phenoxy) is 6. The van der Waals surface area contributed by atoms with Crippen LogP contribution in [0.1, 0.15) is 31.1 Å². The second-order valence-electron chi connectivity index (χ2n) is 7.99. The lowest BCUT2D eigenvalue weighted by atomic mass is 10.1. The van der Waals surface area contributed by atoms with E-state index >= 15 is 0 Å². The van der Waals surface area contributed by atoms with E-state index in [9.17, 15) is 14.4 Å². The molecule has 4 aromatic rings. The predicted molar refractivity (Wildman–Crippen MR) is 140 cm³/mol. The van der Waals surface area contributed by atoms with Gasteiger partial charge in [0.1, 0.15) is 34.5 Å². The first-order chi connectivity index (χ1) is 18.9. The van der Waals surface area contributed by atoms with Gasteiger partial charge >= 0.3 is 17.9 Å². The molecule has 0 aromatic heterocycles. The van der Waals surface area contributed by atoms with Gasteiger partial charge in [0.25, 0.3) is 0 Å². The molecule has 0 aliphatic heterocycles. The maximum atomic E-state index is 13.0. The number of methoxy groups -OCH3 is 3. The Morgan fingerprint density at radius 2 is 0.590 bits per heavy atom. The molecule has 0 amide bonds. The molecule has 0 N–H and O–H groups in total. The molecule has 0 bridgehead atoms. The van der Waals surface area contributed by atoms with Crippen molar-refractivity contribution in [2.75, 3.05) is 21.3 Å². The molecule has 0 spiro atoms. The Balaban J connectivity index is 1.62. The van der Waals surface area contributed by atoms with E-state index in [1.54, 1.807) is 72.8 Å². The van der Waals surface area contributed by atoms with Crippen LogP contribution in [0.3, 0.4) is 0 Å². The third-order valence-corrected chi connectivity index (χ3v) is 5.45. The van der Waals surface area contributed by atoms with Gasteiger partial charge in [0.05, 0.1) is 38.0 Å². The fourth-order valence-corrected chi connectivity index (χ4v) is 3.41. The summed E-state index contributed by atoms with van der Waals surface area (Å²) in [6.07, 6.45) is 0. The van der Waals surface area contributed by atoms with Crippen molar-refractivity contribution in [2.24, 2.45) is 0 Å². The van der Waals surface area contributed by atoms with Gasteiger partial charge in [-0.1, -0.05) is 0 Å². The van der Waals surface area contributed by atoms with Gasteiger partial charge in [0.2, 0.25) is 0 Å². The minimum absolute atomic E-state index is 0.0586. The Kier molecular flexibility index (Phi) is 8.43. The van der Waals surface area contributed by atoms with Crippen molar-refractivity contribution in [3.05, 3.63) is 108 Å². The number of carbonyl (C=O) groups is 3. The van der Waals surface area contributed by atoms with Gasteiger partial charge in [0, 0.05) is 0 Å². The Morgan fingerprint density at radius 3 is 0.795 bits per heavy atom. The maximum Gasteiger partial charge on any atom is 0.343 e. The Bertz CT molecular complexity index is 1270. The summed E-state index contributed by atoms with van der Waals surface area (Å²) >= 11 is 0. The minimum Gasteiger partial charge on any atom is -0.497 e. The van der Waals surface area contributed by atoms with Crippen molar-refractivity contribution in [3.63, 3.8) is 0 Å². The number of hydrogen-bond donors (Lipinski definition) is 0. The predicted octanol–water partition coefficient (Wildman–Crippen LogP) is 5.37. The zero-order valence-electron chi connectivity index (χ0n) is 21.3. The largest absolute Gasteiger partial charge is 0.497 e. The molecule has 0 aliphatic rings. The summed E-state index contributed by atoms with van der Waals surface area (Å²) < 4.78 is 31.6. The van der Waals surface area contributed by atoms with E-state index < -0.39 is 17.9 Å². The van der Waals surface area contributed by atoms with Crippen LogP contribution in [0.25, 0.3) is 0 Å². The van der Waals surface area contributed by atoms with Gasteiger partial charge < -0.3 is 28.4 Å². The number of rotatable bonds is 9. The zero-order valence-corrected chi connectivity index (χ0v) is 21.3. The lowest BCUT2D eigenvalue weighted by Gasteiger charge is -2.11. The Hall–Kier alpha value is -5.31. The first-order valence-electron chi connectivity index (χ1n) is 11.6. The number of benzene rings is 4. The summed E-state index contributed by atoms with van der Waals surface area (Å²) in [5, 5.41) is 0. The van der Waals surface area contributed by atoms with Gasteiger partial charge in [-0.2, -0.15) is 0 Å². The van der Waals surface area contributed by atoms with Crippen molar-refractivity contribution in [1.82, 2.24) is 0 Å². The quantitative estimate of drug-likeness (QED) is 0.209. The van der Waals surface area contributed by atoms with Crippen molar-refractivity contribution in [3.8, 4) is 34.5 Å². The summed E-state index contributed by atoms with van der Waals surface area (Å²) in [5.74, 6) is 0.108. The van der Waals surface area contributed by atoms with Crippen LogP contribution in [0.15, 0.2) is 91.0 Å². The highest BCUT2D eigenvalue weighted by Gasteiger charge is 2.20. The van der Waals surface area contributed by atoms with Crippen molar-refractivity contribution in [1.29, 1.82) is 0 Å². The van der Waals surface area contributed by atoms with Crippen LogP contribution >= 0.6 is 0 Å². The molecule has 0 aliphatic carbocycles. The summed E-state index contributed by atoms with van der Waals surface area (Å²) in [5.41, 5.74) is -0.176. The van der Waals surface area contributed by atoms with Gasteiger partial charge in [-0.25, -0.2) is 14.4 Å². The van der Waals surface area contributed by atoms with Crippen LogP contribution in [0.4, 0.5) is 0 Å². The maximum absolute atomic E-state index is 13.0. The highest BCUT2D eigenvalue weighted by atomic mass is 16.5. The molecule has 0 fully saturated rings. The standard InChI is InChI=1S/C30H24O9/c1-34-22-4-10-25(11-5-22)37-28(31)19-16-20(29(32)38-26-12-6-23(35-2)7-13-26)18-21(17-19)30(33)39-27-14-8-24(36-3)9-15-27/h4-18H,1-3H3. The lowest BCUT2D eigenvalue weighted by Crippen LogP contribution is -2.16. The lowest BCUT2D eigenvalue weighted by molar-refractivity contribution is 0.0734. The first kappa shape index (κ1) is 26.7. The van der Waals surface area contributed by atoms with E-state index in [0.717, 1.165) is 0 Å². The average Bonchev–Trinajstić information content (AvgIpc) is 2.98. The summed E-state index contributed by atoms with van der Waals surface area (Å²) in [4.78, 5) is 39.0. The van der Waals surface area contributed by atoms with Gasteiger partial charge in [-0.3, -0.25) is 0 Å². The number of esters is 3. The third kappa shape index (κ3) is 6.92.